The molecule has 2 aliphatic heterocycles. The molecule has 0 bridgehead atoms. The first-order valence-electron chi connectivity index (χ1n) is 13.1. The van der Waals surface area contributed by atoms with Crippen LogP contribution in [0, 0.1) is 5.92 Å². The summed E-state index contributed by atoms with van der Waals surface area (Å²) < 4.78 is 65.7. The van der Waals surface area contributed by atoms with Gasteiger partial charge in [-0.05, 0) is 35.9 Å². The number of pyridine rings is 1. The van der Waals surface area contributed by atoms with Gasteiger partial charge in [-0.15, -0.1) is 0 Å². The van der Waals surface area contributed by atoms with Crippen molar-refractivity contribution in [1.82, 2.24) is 9.88 Å². The smallest absolute Gasteiger partial charge is 0.416 e. The second-order valence-corrected chi connectivity index (χ2v) is 10.5. The van der Waals surface area contributed by atoms with Crippen LogP contribution in [0.1, 0.15) is 22.8 Å². The van der Waals surface area contributed by atoms with Crippen molar-refractivity contribution in [3.63, 3.8) is 0 Å². The minimum Gasteiger partial charge on any atom is -0.508 e. The number of aromatic hydroxyl groups is 1. The number of benzene rings is 3. The predicted molar refractivity (Wildman–Crippen MR) is 156 cm³/mol. The van der Waals surface area contributed by atoms with E-state index in [0.29, 0.717) is 47.2 Å². The van der Waals surface area contributed by atoms with Gasteiger partial charge in [0, 0.05) is 59.9 Å². The van der Waals surface area contributed by atoms with Crippen molar-refractivity contribution in [1.29, 1.82) is 0 Å². The van der Waals surface area contributed by atoms with Gasteiger partial charge in [-0.3, -0.25) is 14.3 Å². The third-order valence-electron chi connectivity index (χ3n) is 7.82. The van der Waals surface area contributed by atoms with Crippen LogP contribution in [0.3, 0.4) is 0 Å². The molecule has 13 heteroatoms. The van der Waals surface area contributed by atoms with Gasteiger partial charge in [-0.2, -0.15) is 13.2 Å². The number of likely N-dealkylation sites (tertiary alicyclic amines) is 1. The zero-order chi connectivity index (χ0) is 29.9. The lowest BCUT2D eigenvalue weighted by Crippen LogP contribution is -2.50. The largest absolute Gasteiger partial charge is 0.508 e. The summed E-state index contributed by atoms with van der Waals surface area (Å²) in [6.07, 6.45) is -4.25. The summed E-state index contributed by atoms with van der Waals surface area (Å²) in [5.41, 5.74) is 1.05. The third kappa shape index (κ3) is 4.81. The molecule has 42 heavy (non-hydrogen) atoms. The van der Waals surface area contributed by atoms with E-state index in [0.717, 1.165) is 12.1 Å². The Balaban J connectivity index is 1.46. The number of alkyl halides is 4. The molecule has 1 atom stereocenters. The first-order valence-corrected chi connectivity index (χ1v) is 13.1. The van der Waals surface area contributed by atoms with E-state index in [1.165, 1.54) is 24.4 Å². The highest BCUT2D eigenvalue weighted by Gasteiger charge is 2.36. The van der Waals surface area contributed by atoms with Gasteiger partial charge in [-0.25, -0.2) is 0 Å². The van der Waals surface area contributed by atoms with Crippen LogP contribution >= 0.6 is 0 Å². The van der Waals surface area contributed by atoms with Gasteiger partial charge in [0.05, 0.1) is 17.8 Å². The zero-order valence-corrected chi connectivity index (χ0v) is 22.2. The highest BCUT2D eigenvalue weighted by atomic mass is 19.4. The van der Waals surface area contributed by atoms with Gasteiger partial charge in [0.2, 0.25) is 0 Å². The van der Waals surface area contributed by atoms with Gasteiger partial charge in [-0.1, -0.05) is 21.9 Å². The topological polar surface area (TPSA) is 54.8 Å². The minimum absolute atomic E-state index is 0.00191. The molecule has 0 aliphatic carbocycles. The lowest BCUT2D eigenvalue weighted by atomic mass is 9.64. The summed E-state index contributed by atoms with van der Waals surface area (Å²) in [5.74, 6) is 0.0267. The van der Waals surface area contributed by atoms with Crippen LogP contribution in [-0.4, -0.2) is 79.3 Å². The molecule has 3 heterocycles. The molecule has 1 aromatic heterocycles. The SMILES string of the molecule is [B]c1c([B])c(C2Oc3cc(C(F)(F)F)ccc3-c3cnc4cc(O)ccc4c32)c([B])c([B])c1OCCN1CC(CF)C1. The molecule has 0 saturated carbocycles. The molecule has 1 saturated heterocycles. The molecule has 1 fully saturated rings. The van der Waals surface area contributed by atoms with Gasteiger partial charge in [0.1, 0.15) is 61.3 Å². The molecule has 8 radical (unpaired) electrons. The molecule has 2 aliphatic rings. The Morgan fingerprint density at radius 1 is 0.952 bits per heavy atom. The van der Waals surface area contributed by atoms with Gasteiger partial charge < -0.3 is 14.6 Å². The summed E-state index contributed by atoms with van der Waals surface area (Å²) in [6.45, 7) is 1.60. The highest BCUT2D eigenvalue weighted by molar-refractivity contribution is 6.59. The Kier molecular flexibility index (Phi) is 7.20. The van der Waals surface area contributed by atoms with Crippen molar-refractivity contribution < 1.29 is 32.1 Å². The average molecular weight is 564 g/mol. The van der Waals surface area contributed by atoms with Crippen LogP contribution in [0.15, 0.2) is 42.6 Å². The molecule has 6 rings (SSSR count). The van der Waals surface area contributed by atoms with Crippen LogP contribution in [0.2, 0.25) is 0 Å². The van der Waals surface area contributed by atoms with Crippen molar-refractivity contribution in [3.8, 4) is 28.4 Å². The Labute approximate surface area is 244 Å². The predicted octanol–water partition coefficient (Wildman–Crippen LogP) is 1.56. The van der Waals surface area contributed by atoms with Crippen LogP contribution in [0.5, 0.6) is 17.2 Å². The summed E-state index contributed by atoms with van der Waals surface area (Å²) >= 11 is 0. The molecule has 5 nitrogen and oxygen atoms in total. The number of hydrogen-bond acceptors (Lipinski definition) is 5. The summed E-state index contributed by atoms with van der Waals surface area (Å²) in [4.78, 5) is 6.44. The van der Waals surface area contributed by atoms with E-state index >= 15 is 0 Å². The highest BCUT2D eigenvalue weighted by Crippen LogP contribution is 2.48. The van der Waals surface area contributed by atoms with E-state index < -0.39 is 17.8 Å². The summed E-state index contributed by atoms with van der Waals surface area (Å²) in [5, 5.41) is 10.6. The van der Waals surface area contributed by atoms with E-state index in [-0.39, 0.29) is 63.9 Å². The molecule has 3 aromatic carbocycles. The Morgan fingerprint density at radius 3 is 2.33 bits per heavy atom. The van der Waals surface area contributed by atoms with Crippen LogP contribution in [0.4, 0.5) is 17.6 Å². The molecule has 0 amide bonds. The molecule has 1 unspecified atom stereocenters. The first kappa shape index (κ1) is 28.5. The number of rotatable bonds is 6. The Hall–Kier alpha value is -3.59. The number of ether oxygens (including phenoxy) is 2. The fraction of sp³-hybridized carbons (Fsp3) is 0.276. The molecule has 4 aromatic rings. The number of phenolic OH excluding ortho intramolecular Hbond substituents is 1. The summed E-state index contributed by atoms with van der Waals surface area (Å²) in [6, 6.07) is 7.74. The van der Waals surface area contributed by atoms with E-state index in [1.54, 1.807) is 6.07 Å². The number of halogens is 4. The number of phenols is 1. The van der Waals surface area contributed by atoms with Crippen molar-refractivity contribution in [2.45, 2.75) is 12.3 Å². The molecule has 1 N–H and O–H groups in total. The first-order chi connectivity index (χ1) is 20.0. The Morgan fingerprint density at radius 2 is 1.67 bits per heavy atom. The Bertz CT molecular complexity index is 1680. The standard InChI is InChI=1S/C29H20B4F4N2O3/c30-23-22(24(31)26(33)28(25(23)32)41-6-5-39-11-13(9-34)12-39)27-21-17-4-2-15(40)8-19(17)38-10-18(21)16-3-1-14(29(35,36)37)7-20(16)42-27/h1-4,7-8,10,13,27,40H,5-6,9,11-12H2. The monoisotopic (exact) mass is 564 g/mol. The van der Waals surface area contributed by atoms with Gasteiger partial charge in [0.25, 0.3) is 0 Å². The van der Waals surface area contributed by atoms with Crippen LogP contribution < -0.4 is 31.3 Å². The second-order valence-electron chi connectivity index (χ2n) is 10.5. The van der Waals surface area contributed by atoms with Crippen LogP contribution in [0.25, 0.3) is 22.0 Å². The number of aromatic nitrogens is 1. The van der Waals surface area contributed by atoms with Gasteiger partial charge in [0.15, 0.2) is 0 Å². The number of hydrogen-bond donors (Lipinski definition) is 1. The van der Waals surface area contributed by atoms with Crippen molar-refractivity contribution in [2.75, 3.05) is 32.9 Å². The van der Waals surface area contributed by atoms with Gasteiger partial charge >= 0.3 is 6.18 Å². The molecule has 204 valence electrons. The quantitative estimate of drug-likeness (QED) is 0.285. The third-order valence-corrected chi connectivity index (χ3v) is 7.82. The zero-order valence-electron chi connectivity index (χ0n) is 22.2. The summed E-state index contributed by atoms with van der Waals surface area (Å²) in [7, 11) is 25.8. The van der Waals surface area contributed by atoms with Crippen LogP contribution in [-0.2, 0) is 6.18 Å². The molecular formula is C29H20B4F4N2O3. The maximum Gasteiger partial charge on any atom is 0.416 e. The van der Waals surface area contributed by atoms with Crippen molar-refractivity contribution >= 4 is 64.1 Å². The normalized spacial score (nSPS) is 16.9. The van der Waals surface area contributed by atoms with E-state index in [2.05, 4.69) is 4.98 Å². The minimum atomic E-state index is -4.61. The van der Waals surface area contributed by atoms with E-state index in [1.807, 2.05) is 4.90 Å². The fourth-order valence-electron chi connectivity index (χ4n) is 5.60. The maximum absolute atomic E-state index is 13.6. The number of fused-ring (bicyclic) bond motifs is 5. The van der Waals surface area contributed by atoms with Crippen molar-refractivity contribution in [2.24, 2.45) is 5.92 Å². The fourth-order valence-corrected chi connectivity index (χ4v) is 5.60. The lowest BCUT2D eigenvalue weighted by Gasteiger charge is -2.37. The lowest BCUT2D eigenvalue weighted by molar-refractivity contribution is -0.137. The van der Waals surface area contributed by atoms with Crippen molar-refractivity contribution in [3.05, 3.63) is 59.3 Å². The van der Waals surface area contributed by atoms with E-state index in [9.17, 15) is 22.7 Å². The molecular weight excluding hydrogens is 544 g/mol. The van der Waals surface area contributed by atoms with E-state index in [4.69, 9.17) is 40.9 Å². The molecule has 0 spiro atoms. The maximum atomic E-state index is 13.6. The average Bonchev–Trinajstić information content (AvgIpc) is 2.93. The number of nitrogens with zero attached hydrogens (tertiary/aromatic N) is 2. The second kappa shape index (κ2) is 10.6.